The molecule has 2 aromatic rings. The van der Waals surface area contributed by atoms with Crippen LogP contribution < -0.4 is 5.32 Å². The molecule has 1 saturated heterocycles. The summed E-state index contributed by atoms with van der Waals surface area (Å²) < 4.78 is 47.2. The van der Waals surface area contributed by atoms with Gasteiger partial charge in [0.1, 0.15) is 0 Å². The minimum absolute atomic E-state index is 0.0671. The number of carbonyl (C=O) groups is 2. The van der Waals surface area contributed by atoms with E-state index in [1.807, 2.05) is 29.8 Å². The van der Waals surface area contributed by atoms with Gasteiger partial charge < -0.3 is 20.1 Å². The summed E-state index contributed by atoms with van der Waals surface area (Å²) in [6.07, 6.45) is -4.62. The van der Waals surface area contributed by atoms with E-state index in [2.05, 4.69) is 10.2 Å². The van der Waals surface area contributed by atoms with Crippen molar-refractivity contribution in [2.75, 3.05) is 58.8 Å². The third kappa shape index (κ3) is 7.39. The number of carbonyl (C=O) groups excluding carboxylic acids is 1. The average molecular weight is 563 g/mol. The van der Waals surface area contributed by atoms with Crippen molar-refractivity contribution in [1.29, 1.82) is 0 Å². The predicted octanol–water partition coefficient (Wildman–Crippen LogP) is 4.11. The SMILES string of the molecule is COCC(CC(=O)O)N1Cc2cc(C(=O)Nc3ccc(CN4CCN(C)CC4)c(C(F)(F)F)c3)ccc2[C@@H](C)C1. The highest BCUT2D eigenvalue weighted by atomic mass is 19.4. The van der Waals surface area contributed by atoms with Crippen LogP contribution in [-0.2, 0) is 28.8 Å². The molecule has 8 nitrogen and oxygen atoms in total. The van der Waals surface area contributed by atoms with Crippen LogP contribution in [0.25, 0.3) is 0 Å². The molecule has 0 saturated carbocycles. The van der Waals surface area contributed by atoms with E-state index in [0.29, 0.717) is 31.7 Å². The van der Waals surface area contributed by atoms with E-state index >= 15 is 0 Å². The summed E-state index contributed by atoms with van der Waals surface area (Å²) in [5, 5.41) is 12.0. The zero-order chi connectivity index (χ0) is 29.0. The first-order valence-corrected chi connectivity index (χ1v) is 13.4. The molecule has 2 aliphatic rings. The summed E-state index contributed by atoms with van der Waals surface area (Å²) in [7, 11) is 3.52. The molecule has 1 amide bonds. The smallest absolute Gasteiger partial charge is 0.416 e. The largest absolute Gasteiger partial charge is 0.481 e. The Morgan fingerprint density at radius 3 is 2.50 bits per heavy atom. The lowest BCUT2D eigenvalue weighted by atomic mass is 9.88. The molecule has 0 spiro atoms. The Hall–Kier alpha value is -2.99. The molecule has 2 atom stereocenters. The molecule has 2 N–H and O–H groups in total. The molecule has 0 aromatic heterocycles. The predicted molar refractivity (Wildman–Crippen MR) is 145 cm³/mol. The fourth-order valence-electron chi connectivity index (χ4n) is 5.57. The zero-order valence-corrected chi connectivity index (χ0v) is 23.1. The first-order valence-electron chi connectivity index (χ1n) is 13.4. The maximum atomic E-state index is 14.0. The van der Waals surface area contributed by atoms with E-state index < -0.39 is 23.6 Å². The van der Waals surface area contributed by atoms with E-state index in [1.54, 1.807) is 12.1 Å². The van der Waals surface area contributed by atoms with E-state index in [-0.39, 0.29) is 42.8 Å². The molecule has 1 fully saturated rings. The molecule has 40 heavy (non-hydrogen) atoms. The first kappa shape index (κ1) is 30.0. The average Bonchev–Trinajstić information content (AvgIpc) is 2.89. The van der Waals surface area contributed by atoms with Gasteiger partial charge in [-0.25, -0.2) is 0 Å². The molecular formula is C29H37F3N4O4. The van der Waals surface area contributed by atoms with Gasteiger partial charge in [-0.2, -0.15) is 13.2 Å². The normalized spacial score (nSPS) is 19.7. The van der Waals surface area contributed by atoms with Gasteiger partial charge in [-0.1, -0.05) is 19.1 Å². The number of alkyl halides is 3. The maximum Gasteiger partial charge on any atom is 0.416 e. The van der Waals surface area contributed by atoms with Gasteiger partial charge in [0.2, 0.25) is 0 Å². The number of carboxylic acid groups (broad SMARTS) is 1. The Bertz CT molecular complexity index is 1210. The monoisotopic (exact) mass is 562 g/mol. The van der Waals surface area contributed by atoms with Crippen LogP contribution in [0.15, 0.2) is 36.4 Å². The van der Waals surface area contributed by atoms with Crippen molar-refractivity contribution in [3.63, 3.8) is 0 Å². The number of aliphatic carboxylic acids is 1. The van der Waals surface area contributed by atoms with Gasteiger partial charge in [0.15, 0.2) is 0 Å². The van der Waals surface area contributed by atoms with Crippen LogP contribution in [0.4, 0.5) is 18.9 Å². The van der Waals surface area contributed by atoms with Crippen LogP contribution in [-0.4, -0.2) is 91.2 Å². The van der Waals surface area contributed by atoms with Crippen molar-refractivity contribution >= 4 is 17.6 Å². The number of carboxylic acids is 1. The van der Waals surface area contributed by atoms with Gasteiger partial charge >= 0.3 is 12.1 Å². The molecule has 11 heteroatoms. The van der Waals surface area contributed by atoms with Crippen LogP contribution in [0.1, 0.15) is 51.9 Å². The highest BCUT2D eigenvalue weighted by Gasteiger charge is 2.34. The summed E-state index contributed by atoms with van der Waals surface area (Å²) in [5.74, 6) is -1.32. The Kier molecular flexibility index (Phi) is 9.50. The Balaban J connectivity index is 1.51. The van der Waals surface area contributed by atoms with Crippen molar-refractivity contribution < 1.29 is 32.6 Å². The number of piperazine rings is 1. The molecule has 2 aromatic carbocycles. The van der Waals surface area contributed by atoms with Crippen LogP contribution in [0.5, 0.6) is 0 Å². The molecule has 2 heterocycles. The van der Waals surface area contributed by atoms with E-state index in [4.69, 9.17) is 4.74 Å². The summed E-state index contributed by atoms with van der Waals surface area (Å²) in [4.78, 5) is 30.7. The number of fused-ring (bicyclic) bond motifs is 1. The molecule has 218 valence electrons. The van der Waals surface area contributed by atoms with Gasteiger partial charge in [0, 0.05) is 70.2 Å². The number of rotatable bonds is 9. The number of methoxy groups -OCH3 is 1. The number of anilines is 1. The fourth-order valence-corrected chi connectivity index (χ4v) is 5.57. The number of nitrogens with one attached hydrogen (secondary N) is 1. The minimum atomic E-state index is -4.55. The molecule has 4 rings (SSSR count). The molecule has 0 radical (unpaired) electrons. The summed E-state index contributed by atoms with van der Waals surface area (Å²) in [6.45, 7) is 6.61. The second-order valence-corrected chi connectivity index (χ2v) is 10.9. The second kappa shape index (κ2) is 12.7. The van der Waals surface area contributed by atoms with Crippen LogP contribution in [0, 0.1) is 0 Å². The summed E-state index contributed by atoms with van der Waals surface area (Å²) in [6, 6.07) is 8.94. The Labute approximate surface area is 232 Å². The lowest BCUT2D eigenvalue weighted by Crippen LogP contribution is -2.44. The van der Waals surface area contributed by atoms with Gasteiger partial charge in [-0.05, 0) is 53.9 Å². The van der Waals surface area contributed by atoms with Crippen molar-refractivity contribution in [3.8, 4) is 0 Å². The summed E-state index contributed by atoms with van der Waals surface area (Å²) in [5.41, 5.74) is 1.79. The first-order chi connectivity index (χ1) is 18.9. The van der Waals surface area contributed by atoms with E-state index in [9.17, 15) is 27.9 Å². The van der Waals surface area contributed by atoms with Gasteiger partial charge in [0.05, 0.1) is 18.6 Å². The maximum absolute atomic E-state index is 14.0. The molecular weight excluding hydrogens is 525 g/mol. The van der Waals surface area contributed by atoms with Crippen molar-refractivity contribution in [2.45, 2.75) is 44.6 Å². The number of amides is 1. The number of nitrogens with zero attached hydrogens (tertiary/aromatic N) is 3. The second-order valence-electron chi connectivity index (χ2n) is 10.9. The topological polar surface area (TPSA) is 85.3 Å². The quantitative estimate of drug-likeness (QED) is 0.476. The third-order valence-electron chi connectivity index (χ3n) is 7.77. The Morgan fingerprint density at radius 2 is 1.85 bits per heavy atom. The van der Waals surface area contributed by atoms with Gasteiger partial charge in [-0.3, -0.25) is 19.4 Å². The zero-order valence-electron chi connectivity index (χ0n) is 23.1. The standard InChI is InChI=1S/C29H37F3N4O4/c1-19-15-36(24(18-40-3)14-27(37)38)17-22-12-20(5-7-25(19)22)28(39)33-23-6-4-21(26(13-23)29(30,31)32)16-35-10-8-34(2)9-11-35/h4-7,12-13,19,24H,8-11,14-18H2,1-3H3,(H,33,39)(H,37,38)/t19-,24?/m0/s1. The third-order valence-corrected chi connectivity index (χ3v) is 7.77. The number of benzene rings is 2. The van der Waals surface area contributed by atoms with Gasteiger partial charge in [0.25, 0.3) is 5.91 Å². The van der Waals surface area contributed by atoms with Crippen LogP contribution in [0.3, 0.4) is 0 Å². The molecule has 0 bridgehead atoms. The lowest BCUT2D eigenvalue weighted by molar-refractivity contribution is -0.139. The van der Waals surface area contributed by atoms with Crippen molar-refractivity contribution in [1.82, 2.24) is 14.7 Å². The number of halogens is 3. The Morgan fingerprint density at radius 1 is 1.12 bits per heavy atom. The number of ether oxygens (including phenoxy) is 1. The van der Waals surface area contributed by atoms with Crippen LogP contribution >= 0.6 is 0 Å². The minimum Gasteiger partial charge on any atom is -0.481 e. The van der Waals surface area contributed by atoms with Crippen molar-refractivity contribution in [3.05, 3.63) is 64.2 Å². The van der Waals surface area contributed by atoms with Gasteiger partial charge in [-0.15, -0.1) is 0 Å². The van der Waals surface area contributed by atoms with Crippen LogP contribution in [0.2, 0.25) is 0 Å². The molecule has 2 aliphatic heterocycles. The number of hydrogen-bond acceptors (Lipinski definition) is 6. The summed E-state index contributed by atoms with van der Waals surface area (Å²) >= 11 is 0. The van der Waals surface area contributed by atoms with E-state index in [1.165, 1.54) is 19.2 Å². The van der Waals surface area contributed by atoms with E-state index in [0.717, 1.165) is 30.3 Å². The highest BCUT2D eigenvalue weighted by Crippen LogP contribution is 2.35. The van der Waals surface area contributed by atoms with Crippen molar-refractivity contribution in [2.24, 2.45) is 0 Å². The highest BCUT2D eigenvalue weighted by molar-refractivity contribution is 6.04. The fraction of sp³-hybridized carbons (Fsp3) is 0.517. The number of hydrogen-bond donors (Lipinski definition) is 2. The number of likely N-dealkylation sites (N-methyl/N-ethyl adjacent to an activating group) is 1. The molecule has 1 unspecified atom stereocenters. The lowest BCUT2D eigenvalue weighted by Gasteiger charge is -2.38. The molecule has 0 aliphatic carbocycles.